The van der Waals surface area contributed by atoms with Crippen molar-refractivity contribution in [3.05, 3.63) is 9.98 Å². The monoisotopic (exact) mass is 262 g/mol. The van der Waals surface area contributed by atoms with Crippen LogP contribution in [-0.2, 0) is 0 Å². The normalized spacial score (nSPS) is 10.8. The van der Waals surface area contributed by atoms with Crippen LogP contribution in [0.15, 0.2) is 9.98 Å². The van der Waals surface area contributed by atoms with Gasteiger partial charge < -0.3 is 4.90 Å². The van der Waals surface area contributed by atoms with Crippen molar-refractivity contribution in [2.24, 2.45) is 0 Å². The highest BCUT2D eigenvalue weighted by atomic mass is 79.9. The predicted octanol–water partition coefficient (Wildman–Crippen LogP) is 3.53. The molecule has 4 heteroatoms. The van der Waals surface area contributed by atoms with E-state index in [1.807, 2.05) is 5.38 Å². The van der Waals surface area contributed by atoms with E-state index in [2.05, 4.69) is 46.6 Å². The number of thiazole rings is 1. The number of halogens is 1. The first kappa shape index (κ1) is 11.0. The fourth-order valence-corrected chi connectivity index (χ4v) is 2.60. The third-order valence-electron chi connectivity index (χ3n) is 1.80. The molecule has 74 valence electrons. The van der Waals surface area contributed by atoms with E-state index in [9.17, 15) is 0 Å². The van der Waals surface area contributed by atoms with Gasteiger partial charge in [0.15, 0.2) is 5.13 Å². The third-order valence-corrected chi connectivity index (χ3v) is 3.38. The lowest BCUT2D eigenvalue weighted by Gasteiger charge is -2.25. The highest BCUT2D eigenvalue weighted by molar-refractivity contribution is 9.10. The summed E-state index contributed by atoms with van der Waals surface area (Å²) in [6, 6.07) is 0.526. The molecule has 0 aliphatic rings. The summed E-state index contributed by atoms with van der Waals surface area (Å²) in [5.41, 5.74) is 0. The van der Waals surface area contributed by atoms with E-state index < -0.39 is 0 Å². The third kappa shape index (κ3) is 2.95. The Hall–Kier alpha value is -0.0900. The van der Waals surface area contributed by atoms with Gasteiger partial charge in [-0.15, -0.1) is 11.3 Å². The molecule has 1 rings (SSSR count). The Morgan fingerprint density at radius 2 is 2.31 bits per heavy atom. The van der Waals surface area contributed by atoms with Crippen LogP contribution < -0.4 is 4.90 Å². The fraction of sp³-hybridized carbons (Fsp3) is 0.667. The minimum absolute atomic E-state index is 0.526. The maximum Gasteiger partial charge on any atom is 0.186 e. The molecule has 0 aliphatic heterocycles. The van der Waals surface area contributed by atoms with E-state index in [1.165, 1.54) is 0 Å². The molecule has 1 aromatic rings. The van der Waals surface area contributed by atoms with Crippen LogP contribution >= 0.6 is 27.3 Å². The number of aromatic nitrogens is 1. The topological polar surface area (TPSA) is 16.1 Å². The second-order valence-electron chi connectivity index (χ2n) is 3.24. The molecule has 0 aliphatic carbocycles. The number of rotatable bonds is 4. The molecule has 1 heterocycles. The molecule has 0 spiro atoms. The molecule has 13 heavy (non-hydrogen) atoms. The Morgan fingerprint density at radius 1 is 1.62 bits per heavy atom. The summed E-state index contributed by atoms with van der Waals surface area (Å²) >= 11 is 5.07. The number of hydrogen-bond acceptors (Lipinski definition) is 3. The molecular weight excluding hydrogens is 248 g/mol. The smallest absolute Gasteiger partial charge is 0.186 e. The molecule has 0 atom stereocenters. The quantitative estimate of drug-likeness (QED) is 0.826. The van der Waals surface area contributed by atoms with Crippen molar-refractivity contribution in [3.8, 4) is 0 Å². The minimum atomic E-state index is 0.526. The second-order valence-corrected chi connectivity index (χ2v) is 4.89. The highest BCUT2D eigenvalue weighted by Gasteiger charge is 2.12. The molecular formula is C9H15BrN2S. The van der Waals surface area contributed by atoms with Crippen LogP contribution in [0.5, 0.6) is 0 Å². The minimum Gasteiger partial charge on any atom is -0.346 e. The molecule has 0 amide bonds. The van der Waals surface area contributed by atoms with E-state index >= 15 is 0 Å². The fourth-order valence-electron chi connectivity index (χ4n) is 1.19. The van der Waals surface area contributed by atoms with E-state index in [0.717, 1.165) is 22.7 Å². The number of anilines is 1. The molecule has 0 N–H and O–H groups in total. The van der Waals surface area contributed by atoms with Gasteiger partial charge in [-0.25, -0.2) is 4.98 Å². The first-order valence-electron chi connectivity index (χ1n) is 4.52. The summed E-state index contributed by atoms with van der Waals surface area (Å²) in [5.74, 6) is 0. The zero-order chi connectivity index (χ0) is 9.84. The lowest BCUT2D eigenvalue weighted by molar-refractivity contribution is 0.668. The average molecular weight is 263 g/mol. The molecule has 0 saturated carbocycles. The van der Waals surface area contributed by atoms with Crippen LogP contribution in [0.3, 0.4) is 0 Å². The summed E-state index contributed by atoms with van der Waals surface area (Å²) < 4.78 is 0.939. The van der Waals surface area contributed by atoms with E-state index in [0.29, 0.717) is 6.04 Å². The Balaban J connectivity index is 2.75. The van der Waals surface area contributed by atoms with Crippen molar-refractivity contribution in [3.63, 3.8) is 0 Å². The van der Waals surface area contributed by atoms with Crippen molar-refractivity contribution < 1.29 is 0 Å². The van der Waals surface area contributed by atoms with Gasteiger partial charge in [0, 0.05) is 18.0 Å². The van der Waals surface area contributed by atoms with Crippen LogP contribution in [0.4, 0.5) is 5.13 Å². The second kappa shape index (κ2) is 4.96. The van der Waals surface area contributed by atoms with E-state index in [1.54, 1.807) is 11.3 Å². The predicted molar refractivity (Wildman–Crippen MR) is 62.6 cm³/mol. The van der Waals surface area contributed by atoms with Crippen LogP contribution in [0.1, 0.15) is 27.2 Å². The zero-order valence-electron chi connectivity index (χ0n) is 8.25. The standard InChI is InChI=1S/C9H15BrN2S/c1-4-5-12(7(2)3)9-11-8(10)6-13-9/h6-7H,4-5H2,1-3H3. The average Bonchev–Trinajstić information content (AvgIpc) is 2.46. The molecule has 0 radical (unpaired) electrons. The van der Waals surface area contributed by atoms with Gasteiger partial charge in [-0.2, -0.15) is 0 Å². The summed E-state index contributed by atoms with van der Waals surface area (Å²) in [6.07, 6.45) is 1.16. The van der Waals surface area contributed by atoms with Crippen molar-refractivity contribution in [1.82, 2.24) is 4.98 Å². The molecule has 0 fully saturated rings. The maximum absolute atomic E-state index is 4.41. The van der Waals surface area contributed by atoms with Gasteiger partial charge in [0.1, 0.15) is 4.60 Å². The Bertz CT molecular complexity index is 260. The van der Waals surface area contributed by atoms with Crippen LogP contribution in [0.2, 0.25) is 0 Å². The largest absolute Gasteiger partial charge is 0.346 e. The Morgan fingerprint density at radius 3 is 2.69 bits per heavy atom. The highest BCUT2D eigenvalue weighted by Crippen LogP contribution is 2.25. The van der Waals surface area contributed by atoms with Crippen LogP contribution in [0.25, 0.3) is 0 Å². The lowest BCUT2D eigenvalue weighted by Crippen LogP contribution is -2.31. The Labute approximate surface area is 92.1 Å². The zero-order valence-corrected chi connectivity index (χ0v) is 10.7. The molecule has 0 bridgehead atoms. The summed E-state index contributed by atoms with van der Waals surface area (Å²) in [5, 5.41) is 3.14. The van der Waals surface area contributed by atoms with Gasteiger partial charge >= 0.3 is 0 Å². The Kier molecular flexibility index (Phi) is 4.19. The van der Waals surface area contributed by atoms with Gasteiger partial charge in [-0.1, -0.05) is 6.92 Å². The number of hydrogen-bond donors (Lipinski definition) is 0. The maximum atomic E-state index is 4.41. The molecule has 0 saturated heterocycles. The van der Waals surface area contributed by atoms with Crippen LogP contribution in [0, 0.1) is 0 Å². The van der Waals surface area contributed by atoms with Gasteiger partial charge in [-0.3, -0.25) is 0 Å². The van der Waals surface area contributed by atoms with E-state index in [4.69, 9.17) is 0 Å². The molecule has 0 aromatic carbocycles. The lowest BCUT2D eigenvalue weighted by atomic mass is 10.3. The van der Waals surface area contributed by atoms with Gasteiger partial charge in [0.2, 0.25) is 0 Å². The molecule has 0 unspecified atom stereocenters. The first-order chi connectivity index (χ1) is 6.15. The van der Waals surface area contributed by atoms with Gasteiger partial charge in [0.25, 0.3) is 0 Å². The van der Waals surface area contributed by atoms with Crippen molar-refractivity contribution in [2.45, 2.75) is 33.2 Å². The number of nitrogens with zero attached hydrogens (tertiary/aromatic N) is 2. The van der Waals surface area contributed by atoms with Gasteiger partial charge in [-0.05, 0) is 36.2 Å². The van der Waals surface area contributed by atoms with Gasteiger partial charge in [0.05, 0.1) is 0 Å². The van der Waals surface area contributed by atoms with Crippen molar-refractivity contribution >= 4 is 32.4 Å². The van der Waals surface area contributed by atoms with Crippen LogP contribution in [-0.4, -0.2) is 17.6 Å². The SMILES string of the molecule is CCCN(c1nc(Br)cs1)C(C)C. The van der Waals surface area contributed by atoms with E-state index in [-0.39, 0.29) is 0 Å². The molecule has 1 aromatic heterocycles. The summed E-state index contributed by atoms with van der Waals surface area (Å²) in [4.78, 5) is 6.74. The van der Waals surface area contributed by atoms with Crippen molar-refractivity contribution in [2.75, 3.05) is 11.4 Å². The molecule has 2 nitrogen and oxygen atoms in total. The van der Waals surface area contributed by atoms with Crippen molar-refractivity contribution in [1.29, 1.82) is 0 Å². The first-order valence-corrected chi connectivity index (χ1v) is 6.20. The summed E-state index contributed by atoms with van der Waals surface area (Å²) in [6.45, 7) is 7.67. The summed E-state index contributed by atoms with van der Waals surface area (Å²) in [7, 11) is 0.